The predicted octanol–water partition coefficient (Wildman–Crippen LogP) is 1.75. The number of aliphatic hydroxyl groups is 1. The summed E-state index contributed by atoms with van der Waals surface area (Å²) in [7, 11) is 0. The molecular formula is C11H23NO2S2. The van der Waals surface area contributed by atoms with Gasteiger partial charge in [-0.05, 0) is 13.2 Å². The number of hydrogen-bond acceptors (Lipinski definition) is 4. The van der Waals surface area contributed by atoms with Gasteiger partial charge in [0.15, 0.2) is 0 Å². The molecule has 0 spiro atoms. The minimum atomic E-state index is 0.00747. The average molecular weight is 265 g/mol. The third-order valence-corrected chi connectivity index (χ3v) is 4.50. The molecule has 2 N–H and O–H groups in total. The molecule has 0 aromatic carbocycles. The van der Waals surface area contributed by atoms with Crippen LogP contribution in [0.4, 0.5) is 0 Å². The molecule has 0 heterocycles. The van der Waals surface area contributed by atoms with Crippen LogP contribution in [0.15, 0.2) is 0 Å². The van der Waals surface area contributed by atoms with Gasteiger partial charge >= 0.3 is 0 Å². The summed E-state index contributed by atoms with van der Waals surface area (Å²) in [5.41, 5.74) is 0. The monoisotopic (exact) mass is 265 g/mol. The molecule has 16 heavy (non-hydrogen) atoms. The second kappa shape index (κ2) is 7.45. The highest BCUT2D eigenvalue weighted by Gasteiger charge is 2.19. The van der Waals surface area contributed by atoms with Crippen molar-refractivity contribution in [1.29, 1.82) is 0 Å². The summed E-state index contributed by atoms with van der Waals surface area (Å²) >= 11 is 3.20. The van der Waals surface area contributed by atoms with Crippen molar-refractivity contribution in [2.75, 3.05) is 18.6 Å². The number of aliphatic hydroxyl groups excluding tert-OH is 1. The second-order valence-electron chi connectivity index (χ2n) is 4.71. The van der Waals surface area contributed by atoms with Crippen molar-refractivity contribution in [3.63, 3.8) is 0 Å². The molecule has 0 saturated carbocycles. The van der Waals surface area contributed by atoms with Crippen LogP contribution in [-0.4, -0.2) is 45.7 Å². The van der Waals surface area contributed by atoms with Crippen LogP contribution >= 0.6 is 23.5 Å². The van der Waals surface area contributed by atoms with Crippen LogP contribution in [0.2, 0.25) is 0 Å². The molecule has 3 nitrogen and oxygen atoms in total. The number of carbonyl (C=O) groups is 1. The number of hydrogen-bond donors (Lipinski definition) is 2. The van der Waals surface area contributed by atoms with Crippen LogP contribution < -0.4 is 5.32 Å². The van der Waals surface area contributed by atoms with Gasteiger partial charge in [0.1, 0.15) is 0 Å². The minimum Gasteiger partial charge on any atom is -0.395 e. The maximum absolute atomic E-state index is 11.6. The fourth-order valence-corrected chi connectivity index (χ4v) is 2.38. The molecule has 0 aromatic heterocycles. The first-order valence-corrected chi connectivity index (χ1v) is 7.64. The molecule has 0 aliphatic carbocycles. The van der Waals surface area contributed by atoms with Crippen LogP contribution in [0.5, 0.6) is 0 Å². The van der Waals surface area contributed by atoms with Gasteiger partial charge in [-0.2, -0.15) is 11.8 Å². The van der Waals surface area contributed by atoms with E-state index in [0.717, 1.165) is 0 Å². The first kappa shape index (κ1) is 16.1. The highest BCUT2D eigenvalue weighted by Crippen LogP contribution is 2.22. The number of carbonyl (C=O) groups excluding carboxylic acids is 1. The van der Waals surface area contributed by atoms with Crippen LogP contribution in [-0.2, 0) is 4.79 Å². The van der Waals surface area contributed by atoms with Crippen molar-refractivity contribution in [2.24, 2.45) is 0 Å². The Morgan fingerprint density at radius 3 is 2.38 bits per heavy atom. The molecule has 96 valence electrons. The van der Waals surface area contributed by atoms with E-state index in [4.69, 9.17) is 5.11 Å². The van der Waals surface area contributed by atoms with E-state index in [-0.39, 0.29) is 28.6 Å². The SMILES string of the molecule is CSC(CO)C(C)NC(=O)CSC(C)(C)C. The van der Waals surface area contributed by atoms with E-state index < -0.39 is 0 Å². The molecule has 2 unspecified atom stereocenters. The Bertz CT molecular complexity index is 213. The summed E-state index contributed by atoms with van der Waals surface area (Å²) in [6.45, 7) is 8.29. The molecule has 0 fully saturated rings. The Labute approximate surface area is 107 Å². The van der Waals surface area contributed by atoms with E-state index in [1.165, 1.54) is 0 Å². The Kier molecular flexibility index (Phi) is 7.52. The molecule has 0 aliphatic heterocycles. The standard InChI is InChI=1S/C11H23NO2S2/c1-8(9(6-13)15-5)12-10(14)7-16-11(2,3)4/h8-9,13H,6-7H2,1-5H3,(H,12,14). The normalized spacial score (nSPS) is 15.6. The van der Waals surface area contributed by atoms with Gasteiger partial charge in [0.25, 0.3) is 0 Å². The van der Waals surface area contributed by atoms with Crippen LogP contribution in [0.3, 0.4) is 0 Å². The van der Waals surface area contributed by atoms with Crippen molar-refractivity contribution < 1.29 is 9.90 Å². The van der Waals surface area contributed by atoms with E-state index in [2.05, 4.69) is 26.1 Å². The second-order valence-corrected chi connectivity index (χ2v) is 7.59. The van der Waals surface area contributed by atoms with Crippen molar-refractivity contribution in [3.05, 3.63) is 0 Å². The summed E-state index contributed by atoms with van der Waals surface area (Å²) < 4.78 is 0.108. The third kappa shape index (κ3) is 7.41. The lowest BCUT2D eigenvalue weighted by atomic mass is 10.2. The topological polar surface area (TPSA) is 49.3 Å². The molecule has 0 aliphatic rings. The summed E-state index contributed by atoms with van der Waals surface area (Å²) in [5.74, 6) is 0.514. The Balaban J connectivity index is 3.95. The third-order valence-electron chi connectivity index (χ3n) is 2.07. The fourth-order valence-electron chi connectivity index (χ4n) is 1.11. The number of thioether (sulfide) groups is 2. The van der Waals surface area contributed by atoms with E-state index in [0.29, 0.717) is 5.75 Å². The van der Waals surface area contributed by atoms with Crippen LogP contribution in [0, 0.1) is 0 Å². The molecular weight excluding hydrogens is 242 g/mol. The highest BCUT2D eigenvalue weighted by molar-refractivity contribution is 8.01. The zero-order valence-corrected chi connectivity index (χ0v) is 12.4. The number of rotatable bonds is 6. The van der Waals surface area contributed by atoms with Crippen LogP contribution in [0.25, 0.3) is 0 Å². The predicted molar refractivity (Wildman–Crippen MR) is 74.2 cm³/mol. The smallest absolute Gasteiger partial charge is 0.230 e. The first-order chi connectivity index (χ1) is 7.30. The highest BCUT2D eigenvalue weighted by atomic mass is 32.2. The van der Waals surface area contributed by atoms with Gasteiger partial charge < -0.3 is 10.4 Å². The van der Waals surface area contributed by atoms with Crippen LogP contribution in [0.1, 0.15) is 27.7 Å². The molecule has 0 rings (SSSR count). The zero-order chi connectivity index (χ0) is 12.8. The molecule has 5 heteroatoms. The van der Waals surface area contributed by atoms with Gasteiger partial charge in [0, 0.05) is 16.0 Å². The number of nitrogens with one attached hydrogen (secondary N) is 1. The van der Waals surface area contributed by atoms with Crippen molar-refractivity contribution >= 4 is 29.4 Å². The molecule has 0 aromatic rings. The summed E-state index contributed by atoms with van der Waals surface area (Å²) in [4.78, 5) is 11.6. The number of amides is 1. The van der Waals surface area contributed by atoms with Gasteiger partial charge in [-0.15, -0.1) is 11.8 Å². The fraction of sp³-hybridized carbons (Fsp3) is 0.909. The lowest BCUT2D eigenvalue weighted by molar-refractivity contribution is -0.119. The quantitative estimate of drug-likeness (QED) is 0.768. The summed E-state index contributed by atoms with van der Waals surface area (Å²) in [5, 5.41) is 12.1. The Hall–Kier alpha value is 0.130. The van der Waals surface area contributed by atoms with Gasteiger partial charge in [0.2, 0.25) is 5.91 Å². The minimum absolute atomic E-state index is 0.00747. The zero-order valence-electron chi connectivity index (χ0n) is 10.7. The molecule has 0 saturated heterocycles. The van der Waals surface area contributed by atoms with E-state index >= 15 is 0 Å². The van der Waals surface area contributed by atoms with Gasteiger partial charge in [0.05, 0.1) is 12.4 Å². The van der Waals surface area contributed by atoms with Gasteiger partial charge in [-0.1, -0.05) is 20.8 Å². The van der Waals surface area contributed by atoms with E-state index in [9.17, 15) is 4.79 Å². The molecule has 2 atom stereocenters. The van der Waals surface area contributed by atoms with Crippen molar-refractivity contribution in [3.8, 4) is 0 Å². The Morgan fingerprint density at radius 2 is 2.00 bits per heavy atom. The molecule has 0 radical (unpaired) electrons. The summed E-state index contributed by atoms with van der Waals surface area (Å²) in [6, 6.07) is 0.00747. The van der Waals surface area contributed by atoms with E-state index in [1.807, 2.05) is 13.2 Å². The molecule has 0 bridgehead atoms. The summed E-state index contributed by atoms with van der Waals surface area (Å²) in [6.07, 6.45) is 1.94. The van der Waals surface area contributed by atoms with E-state index in [1.54, 1.807) is 23.5 Å². The maximum atomic E-state index is 11.6. The lowest BCUT2D eigenvalue weighted by Gasteiger charge is -2.22. The largest absolute Gasteiger partial charge is 0.395 e. The van der Waals surface area contributed by atoms with Gasteiger partial charge in [-0.3, -0.25) is 4.79 Å². The maximum Gasteiger partial charge on any atom is 0.230 e. The first-order valence-electron chi connectivity index (χ1n) is 5.37. The Morgan fingerprint density at radius 1 is 1.44 bits per heavy atom. The van der Waals surface area contributed by atoms with Crippen molar-refractivity contribution in [1.82, 2.24) is 5.32 Å². The average Bonchev–Trinajstić information content (AvgIpc) is 2.15. The lowest BCUT2D eigenvalue weighted by Crippen LogP contribution is -2.42. The van der Waals surface area contributed by atoms with Crippen molar-refractivity contribution in [2.45, 2.75) is 43.7 Å². The molecule has 1 amide bonds. The van der Waals surface area contributed by atoms with Gasteiger partial charge in [-0.25, -0.2) is 0 Å².